The molecule has 0 aliphatic carbocycles. The first-order valence-corrected chi connectivity index (χ1v) is 8.90. The molecule has 2 heterocycles. The summed E-state index contributed by atoms with van der Waals surface area (Å²) in [4.78, 5) is 28.5. The molecule has 1 aromatic rings. The van der Waals surface area contributed by atoms with E-state index in [1.54, 1.807) is 23.1 Å². The highest BCUT2D eigenvalue weighted by atomic mass is 35.5. The summed E-state index contributed by atoms with van der Waals surface area (Å²) in [6.07, 6.45) is 2.13. The van der Waals surface area contributed by atoms with Crippen molar-refractivity contribution in [2.75, 3.05) is 19.6 Å². The minimum atomic E-state index is -1.14. The molecular formula is C18H22ClFN2O2. The van der Waals surface area contributed by atoms with Gasteiger partial charge in [-0.2, -0.15) is 0 Å². The van der Waals surface area contributed by atoms with Crippen molar-refractivity contribution in [1.82, 2.24) is 9.80 Å². The van der Waals surface area contributed by atoms with Crippen LogP contribution in [0.2, 0.25) is 5.02 Å². The lowest BCUT2D eigenvalue weighted by molar-refractivity contribution is -0.144. The maximum Gasteiger partial charge on any atom is 0.245 e. The average Bonchev–Trinajstić information content (AvgIpc) is 2.99. The van der Waals surface area contributed by atoms with Gasteiger partial charge >= 0.3 is 0 Å². The number of nitrogens with zero attached hydrogens (tertiary/aromatic N) is 2. The number of benzene rings is 1. The normalized spacial score (nSPS) is 24.2. The first-order chi connectivity index (χ1) is 11.6. The number of amides is 2. The average molecular weight is 353 g/mol. The van der Waals surface area contributed by atoms with Crippen molar-refractivity contribution in [3.05, 3.63) is 34.9 Å². The Bertz CT molecular complexity index is 619. The summed E-state index contributed by atoms with van der Waals surface area (Å²) in [6, 6.07) is 6.44. The number of carbonyl (C=O) groups is 2. The van der Waals surface area contributed by atoms with Crippen LogP contribution >= 0.6 is 11.6 Å². The predicted octanol–water partition coefficient (Wildman–Crippen LogP) is 2.83. The summed E-state index contributed by atoms with van der Waals surface area (Å²) >= 11 is 6.10. The third-order valence-corrected chi connectivity index (χ3v) is 5.19. The highest BCUT2D eigenvalue weighted by Gasteiger charge is 2.41. The summed E-state index contributed by atoms with van der Waals surface area (Å²) in [5.41, 5.74) is 0.704. The van der Waals surface area contributed by atoms with Crippen molar-refractivity contribution < 1.29 is 14.0 Å². The van der Waals surface area contributed by atoms with Gasteiger partial charge in [0.05, 0.1) is 13.0 Å². The Kier molecular flexibility index (Phi) is 5.39. The van der Waals surface area contributed by atoms with Crippen LogP contribution in [0.15, 0.2) is 24.3 Å². The van der Waals surface area contributed by atoms with Crippen LogP contribution in [0.1, 0.15) is 31.2 Å². The summed E-state index contributed by atoms with van der Waals surface area (Å²) < 4.78 is 13.9. The molecular weight excluding hydrogens is 331 g/mol. The van der Waals surface area contributed by atoms with Gasteiger partial charge in [-0.05, 0) is 30.9 Å². The van der Waals surface area contributed by atoms with Crippen LogP contribution in [0.25, 0.3) is 0 Å². The largest absolute Gasteiger partial charge is 0.341 e. The van der Waals surface area contributed by atoms with E-state index in [-0.39, 0.29) is 31.2 Å². The van der Waals surface area contributed by atoms with Gasteiger partial charge < -0.3 is 9.80 Å². The number of rotatable bonds is 3. The third kappa shape index (κ3) is 3.72. The zero-order valence-corrected chi connectivity index (χ0v) is 14.3. The number of hydrogen-bond acceptors (Lipinski definition) is 2. The Balaban J connectivity index is 1.71. The minimum absolute atomic E-state index is 0.00642. The van der Waals surface area contributed by atoms with Crippen molar-refractivity contribution in [3.8, 4) is 0 Å². The number of carbonyl (C=O) groups excluding carboxylic acids is 2. The molecule has 0 radical (unpaired) electrons. The quantitative estimate of drug-likeness (QED) is 0.839. The number of piperidine rings is 1. The standard InChI is InChI=1S/C18H22ClFN2O2/c19-15-7-3-2-6-13(15)10-17(23)22-12-14(20)11-16(22)18(24)21-8-4-1-5-9-21/h2-3,6-7,14,16H,1,4-5,8-12H2/t14-,16-/m0/s1. The SMILES string of the molecule is O=C([C@@H]1C[C@H](F)CN1C(=O)Cc1ccccc1Cl)N1CCCCC1. The van der Waals surface area contributed by atoms with Gasteiger partial charge in [-0.3, -0.25) is 9.59 Å². The summed E-state index contributed by atoms with van der Waals surface area (Å²) in [5, 5.41) is 0.515. The Hall–Kier alpha value is -1.62. The minimum Gasteiger partial charge on any atom is -0.341 e. The maximum absolute atomic E-state index is 13.9. The first kappa shape index (κ1) is 17.2. The van der Waals surface area contributed by atoms with Gasteiger partial charge in [0.1, 0.15) is 12.2 Å². The molecule has 1 aromatic carbocycles. The molecule has 6 heteroatoms. The smallest absolute Gasteiger partial charge is 0.245 e. The molecule has 2 atom stereocenters. The van der Waals surface area contributed by atoms with Crippen LogP contribution in [0.4, 0.5) is 4.39 Å². The molecule has 0 saturated carbocycles. The zero-order valence-electron chi connectivity index (χ0n) is 13.6. The topological polar surface area (TPSA) is 40.6 Å². The summed E-state index contributed by atoms with van der Waals surface area (Å²) in [5.74, 6) is -0.346. The Morgan fingerprint density at radius 3 is 2.58 bits per heavy atom. The van der Waals surface area contributed by atoms with E-state index in [1.807, 2.05) is 6.07 Å². The van der Waals surface area contributed by atoms with E-state index < -0.39 is 12.2 Å². The molecule has 2 aliphatic rings. The van der Waals surface area contributed by atoms with Crippen LogP contribution in [-0.4, -0.2) is 53.5 Å². The van der Waals surface area contributed by atoms with Crippen LogP contribution in [-0.2, 0) is 16.0 Å². The second-order valence-electron chi connectivity index (χ2n) is 6.55. The molecule has 2 fully saturated rings. The number of likely N-dealkylation sites (tertiary alicyclic amines) is 2. The van der Waals surface area contributed by atoms with Gasteiger partial charge in [0.15, 0.2) is 0 Å². The number of alkyl halides is 1. The van der Waals surface area contributed by atoms with Gasteiger partial charge in [-0.25, -0.2) is 4.39 Å². The molecule has 0 spiro atoms. The third-order valence-electron chi connectivity index (χ3n) is 4.82. The molecule has 4 nitrogen and oxygen atoms in total. The van der Waals surface area contributed by atoms with Crippen molar-refractivity contribution >= 4 is 23.4 Å². The lowest BCUT2D eigenvalue weighted by atomic mass is 10.1. The second-order valence-corrected chi connectivity index (χ2v) is 6.96. The van der Waals surface area contributed by atoms with Gasteiger partial charge in [-0.15, -0.1) is 0 Å². The molecule has 130 valence electrons. The predicted molar refractivity (Wildman–Crippen MR) is 90.6 cm³/mol. The highest BCUT2D eigenvalue weighted by molar-refractivity contribution is 6.31. The van der Waals surface area contributed by atoms with Crippen LogP contribution < -0.4 is 0 Å². The fraction of sp³-hybridized carbons (Fsp3) is 0.556. The molecule has 0 unspecified atom stereocenters. The highest BCUT2D eigenvalue weighted by Crippen LogP contribution is 2.25. The second kappa shape index (κ2) is 7.51. The van der Waals surface area contributed by atoms with E-state index in [2.05, 4.69) is 0 Å². The number of halogens is 2. The maximum atomic E-state index is 13.9. The number of hydrogen-bond donors (Lipinski definition) is 0. The van der Waals surface area contributed by atoms with Crippen molar-refractivity contribution in [3.63, 3.8) is 0 Å². The molecule has 3 rings (SSSR count). The Morgan fingerprint density at radius 2 is 1.88 bits per heavy atom. The molecule has 0 N–H and O–H groups in total. The molecule has 2 amide bonds. The fourth-order valence-corrected chi connectivity index (χ4v) is 3.73. The van der Waals surface area contributed by atoms with Crippen molar-refractivity contribution in [2.45, 2.75) is 44.3 Å². The molecule has 2 aliphatic heterocycles. The Morgan fingerprint density at radius 1 is 1.17 bits per heavy atom. The van der Waals surface area contributed by atoms with Gasteiger partial charge in [0.25, 0.3) is 0 Å². The van der Waals surface area contributed by atoms with Crippen molar-refractivity contribution in [1.29, 1.82) is 0 Å². The lowest BCUT2D eigenvalue weighted by Crippen LogP contribution is -2.49. The summed E-state index contributed by atoms with van der Waals surface area (Å²) in [6.45, 7) is 1.41. The van der Waals surface area contributed by atoms with E-state index in [1.165, 1.54) is 4.90 Å². The van der Waals surface area contributed by atoms with Crippen LogP contribution in [0, 0.1) is 0 Å². The van der Waals surface area contributed by atoms with E-state index in [9.17, 15) is 14.0 Å². The molecule has 2 saturated heterocycles. The Labute approximate surface area is 146 Å². The van der Waals surface area contributed by atoms with Gasteiger partial charge in [0, 0.05) is 24.5 Å². The fourth-order valence-electron chi connectivity index (χ4n) is 3.53. The zero-order chi connectivity index (χ0) is 17.1. The first-order valence-electron chi connectivity index (χ1n) is 8.52. The van der Waals surface area contributed by atoms with Crippen LogP contribution in [0.3, 0.4) is 0 Å². The van der Waals surface area contributed by atoms with E-state index >= 15 is 0 Å². The molecule has 0 aromatic heterocycles. The van der Waals surface area contributed by atoms with Gasteiger partial charge in [-0.1, -0.05) is 29.8 Å². The van der Waals surface area contributed by atoms with Crippen LogP contribution in [0.5, 0.6) is 0 Å². The monoisotopic (exact) mass is 352 g/mol. The van der Waals surface area contributed by atoms with E-state index in [0.717, 1.165) is 19.3 Å². The lowest BCUT2D eigenvalue weighted by Gasteiger charge is -2.32. The van der Waals surface area contributed by atoms with E-state index in [0.29, 0.717) is 23.7 Å². The van der Waals surface area contributed by atoms with Gasteiger partial charge in [0.2, 0.25) is 11.8 Å². The summed E-state index contributed by atoms with van der Waals surface area (Å²) in [7, 11) is 0. The molecule has 0 bridgehead atoms. The van der Waals surface area contributed by atoms with Crippen molar-refractivity contribution in [2.24, 2.45) is 0 Å². The van der Waals surface area contributed by atoms with E-state index in [4.69, 9.17) is 11.6 Å². The molecule has 24 heavy (non-hydrogen) atoms.